The van der Waals surface area contributed by atoms with Crippen molar-refractivity contribution in [1.82, 2.24) is 0 Å². The van der Waals surface area contributed by atoms with Crippen LogP contribution in [0, 0.1) is 5.21 Å². The third-order valence-electron chi connectivity index (χ3n) is 4.17. The summed E-state index contributed by atoms with van der Waals surface area (Å²) in [6, 6.07) is 14.6. The third-order valence-corrected chi connectivity index (χ3v) is 5.53. The van der Waals surface area contributed by atoms with E-state index in [1.165, 1.54) is 38.7 Å². The summed E-state index contributed by atoms with van der Waals surface area (Å²) in [6.45, 7) is 0. The molecule has 0 atom stereocenters. The smallest absolute Gasteiger partial charge is 0.262 e. The van der Waals surface area contributed by atoms with Crippen LogP contribution in [0.15, 0.2) is 71.9 Å². The first-order valence-electron chi connectivity index (χ1n) is 8.64. The van der Waals surface area contributed by atoms with E-state index in [2.05, 4.69) is 4.72 Å². The number of hydrogen-bond donors (Lipinski definition) is 1. The second kappa shape index (κ2) is 8.66. The lowest BCUT2D eigenvalue weighted by molar-refractivity contribution is -0.605. The molecule has 0 aliphatic carbocycles. The molecule has 2 aromatic carbocycles. The Balaban J connectivity index is 1.95. The van der Waals surface area contributed by atoms with Crippen LogP contribution in [0.4, 0.5) is 5.69 Å². The Labute approximate surface area is 169 Å². The molecule has 0 saturated heterocycles. The van der Waals surface area contributed by atoms with Crippen LogP contribution in [0.1, 0.15) is 11.1 Å². The van der Waals surface area contributed by atoms with Crippen molar-refractivity contribution in [2.45, 2.75) is 4.90 Å². The molecule has 0 saturated carbocycles. The molecule has 150 valence electrons. The summed E-state index contributed by atoms with van der Waals surface area (Å²) in [5, 5.41) is 11.2. The fourth-order valence-corrected chi connectivity index (χ4v) is 3.74. The number of pyridine rings is 1. The Morgan fingerprint density at radius 1 is 0.931 bits per heavy atom. The largest absolute Gasteiger partial charge is 0.619 e. The van der Waals surface area contributed by atoms with Gasteiger partial charge in [-0.2, -0.15) is 4.73 Å². The standard InChI is InChI=1S/C21H20N2O5S/c1-27-18-8-10-19(11-9-18)29(25,26)22-21-17(4-3-5-20(21)28-2)7-6-16-12-14-23(24)15-13-16/h3-15,22H,1-2H3. The van der Waals surface area contributed by atoms with Gasteiger partial charge >= 0.3 is 0 Å². The molecule has 0 radical (unpaired) electrons. The summed E-state index contributed by atoms with van der Waals surface area (Å²) in [4.78, 5) is 0.0993. The van der Waals surface area contributed by atoms with Gasteiger partial charge in [-0.1, -0.05) is 24.3 Å². The lowest BCUT2D eigenvalue weighted by atomic mass is 10.1. The molecular formula is C21H20N2O5S. The van der Waals surface area contributed by atoms with Crippen LogP contribution in [0.25, 0.3) is 12.2 Å². The van der Waals surface area contributed by atoms with E-state index in [1.54, 1.807) is 54.6 Å². The molecule has 1 N–H and O–H groups in total. The lowest BCUT2D eigenvalue weighted by Crippen LogP contribution is -2.23. The molecule has 1 heterocycles. The van der Waals surface area contributed by atoms with Gasteiger partial charge in [-0.05, 0) is 35.9 Å². The van der Waals surface area contributed by atoms with E-state index in [0.717, 1.165) is 5.56 Å². The molecule has 29 heavy (non-hydrogen) atoms. The number of para-hydroxylation sites is 1. The number of nitrogens with zero attached hydrogens (tertiary/aromatic N) is 1. The van der Waals surface area contributed by atoms with Crippen LogP contribution >= 0.6 is 0 Å². The quantitative estimate of drug-likeness (QED) is 0.475. The lowest BCUT2D eigenvalue weighted by Gasteiger charge is -2.15. The summed E-state index contributed by atoms with van der Waals surface area (Å²) < 4.78 is 39.4. The first-order chi connectivity index (χ1) is 13.9. The van der Waals surface area contributed by atoms with E-state index in [-0.39, 0.29) is 4.90 Å². The first-order valence-corrected chi connectivity index (χ1v) is 10.1. The van der Waals surface area contributed by atoms with Crippen molar-refractivity contribution in [3.05, 3.63) is 83.3 Å². The summed E-state index contributed by atoms with van der Waals surface area (Å²) in [5.74, 6) is 0.946. The molecule has 1 aromatic heterocycles. The fraction of sp³-hybridized carbons (Fsp3) is 0.0952. The number of sulfonamides is 1. The highest BCUT2D eigenvalue weighted by molar-refractivity contribution is 7.92. The van der Waals surface area contributed by atoms with Crippen molar-refractivity contribution < 1.29 is 22.6 Å². The van der Waals surface area contributed by atoms with Gasteiger partial charge in [-0.25, -0.2) is 8.42 Å². The van der Waals surface area contributed by atoms with Gasteiger partial charge in [0.05, 0.1) is 24.8 Å². The van der Waals surface area contributed by atoms with Gasteiger partial charge < -0.3 is 14.7 Å². The predicted octanol–water partition coefficient (Wildman–Crippen LogP) is 3.31. The maximum atomic E-state index is 12.9. The third kappa shape index (κ3) is 4.85. The van der Waals surface area contributed by atoms with Gasteiger partial charge in [0.25, 0.3) is 10.0 Å². The summed E-state index contributed by atoms with van der Waals surface area (Å²) in [6.07, 6.45) is 6.30. The molecule has 0 spiro atoms. The highest BCUT2D eigenvalue weighted by atomic mass is 32.2. The minimum absolute atomic E-state index is 0.0993. The zero-order chi connectivity index (χ0) is 20.9. The second-order valence-corrected chi connectivity index (χ2v) is 7.71. The van der Waals surface area contributed by atoms with Gasteiger partial charge in [0.15, 0.2) is 12.4 Å². The van der Waals surface area contributed by atoms with E-state index in [0.29, 0.717) is 27.5 Å². The number of hydrogen-bond acceptors (Lipinski definition) is 5. The Kier molecular flexibility index (Phi) is 6.04. The fourth-order valence-electron chi connectivity index (χ4n) is 2.64. The van der Waals surface area contributed by atoms with Crippen LogP contribution in [-0.4, -0.2) is 22.6 Å². The predicted molar refractivity (Wildman–Crippen MR) is 111 cm³/mol. The maximum Gasteiger partial charge on any atom is 0.262 e. The average Bonchev–Trinajstić information content (AvgIpc) is 2.74. The van der Waals surface area contributed by atoms with Crippen LogP contribution in [-0.2, 0) is 10.0 Å². The Hall–Kier alpha value is -3.52. The van der Waals surface area contributed by atoms with E-state index in [1.807, 2.05) is 0 Å². The van der Waals surface area contributed by atoms with Gasteiger partial charge in [0, 0.05) is 17.7 Å². The molecule has 0 aliphatic rings. The van der Waals surface area contributed by atoms with E-state index in [4.69, 9.17) is 9.47 Å². The Bertz CT molecular complexity index is 1110. The number of ether oxygens (including phenoxy) is 2. The molecule has 0 aliphatic heterocycles. The molecule has 0 amide bonds. The minimum Gasteiger partial charge on any atom is -0.619 e. The topological polar surface area (TPSA) is 91.6 Å². The Morgan fingerprint density at radius 2 is 1.62 bits per heavy atom. The van der Waals surface area contributed by atoms with Crippen LogP contribution in [0.5, 0.6) is 11.5 Å². The number of methoxy groups -OCH3 is 2. The first kappa shape index (κ1) is 20.2. The molecule has 3 rings (SSSR count). The monoisotopic (exact) mass is 412 g/mol. The van der Waals surface area contributed by atoms with Crippen molar-refractivity contribution in [1.29, 1.82) is 0 Å². The molecular weight excluding hydrogens is 392 g/mol. The van der Waals surface area contributed by atoms with Crippen molar-refractivity contribution in [2.24, 2.45) is 0 Å². The summed E-state index contributed by atoms with van der Waals surface area (Å²) >= 11 is 0. The van der Waals surface area contributed by atoms with Crippen molar-refractivity contribution in [2.75, 3.05) is 18.9 Å². The second-order valence-electron chi connectivity index (χ2n) is 6.03. The van der Waals surface area contributed by atoms with Crippen LogP contribution in [0.3, 0.4) is 0 Å². The molecule has 3 aromatic rings. The van der Waals surface area contributed by atoms with Crippen LogP contribution in [0.2, 0.25) is 0 Å². The van der Waals surface area contributed by atoms with E-state index < -0.39 is 10.0 Å². The SMILES string of the molecule is COc1ccc(S(=O)(=O)Nc2c(C=Cc3cc[n+]([O-])cc3)cccc2OC)cc1. The highest BCUT2D eigenvalue weighted by Crippen LogP contribution is 2.32. The highest BCUT2D eigenvalue weighted by Gasteiger charge is 2.18. The van der Waals surface area contributed by atoms with Gasteiger partial charge in [0.1, 0.15) is 11.5 Å². The zero-order valence-electron chi connectivity index (χ0n) is 15.9. The molecule has 0 unspecified atom stereocenters. The van der Waals surface area contributed by atoms with Crippen molar-refractivity contribution in [3.8, 4) is 11.5 Å². The normalized spacial score (nSPS) is 11.4. The number of benzene rings is 2. The van der Waals surface area contributed by atoms with Gasteiger partial charge in [-0.3, -0.25) is 4.72 Å². The molecule has 7 nitrogen and oxygen atoms in total. The summed E-state index contributed by atoms with van der Waals surface area (Å²) in [7, 11) is -0.863. The Morgan fingerprint density at radius 3 is 2.24 bits per heavy atom. The van der Waals surface area contributed by atoms with Gasteiger partial charge in [-0.15, -0.1) is 0 Å². The van der Waals surface area contributed by atoms with Crippen molar-refractivity contribution in [3.63, 3.8) is 0 Å². The van der Waals surface area contributed by atoms with Gasteiger partial charge in [0.2, 0.25) is 0 Å². The van der Waals surface area contributed by atoms with E-state index >= 15 is 0 Å². The number of nitrogens with one attached hydrogen (secondary N) is 1. The molecule has 8 heteroatoms. The average molecular weight is 412 g/mol. The number of rotatable bonds is 7. The molecule has 0 fully saturated rings. The van der Waals surface area contributed by atoms with Crippen molar-refractivity contribution >= 4 is 27.9 Å². The van der Waals surface area contributed by atoms with E-state index in [9.17, 15) is 13.6 Å². The zero-order valence-corrected chi connectivity index (χ0v) is 16.7. The summed E-state index contributed by atoms with van der Waals surface area (Å²) in [5.41, 5.74) is 1.72. The maximum absolute atomic E-state index is 12.9. The minimum atomic E-state index is -3.85. The number of aromatic nitrogens is 1. The molecule has 0 bridgehead atoms. The van der Waals surface area contributed by atoms with Crippen LogP contribution < -0.4 is 18.9 Å². The number of anilines is 1.